The maximum atomic E-state index is 13.4. The minimum Gasteiger partial charge on any atom is -0.389 e. The van der Waals surface area contributed by atoms with Gasteiger partial charge in [0, 0.05) is 18.5 Å². The molecule has 2 N–H and O–H groups in total. The van der Waals surface area contributed by atoms with Gasteiger partial charge in [-0.3, -0.25) is 9.13 Å². The second-order valence-corrected chi connectivity index (χ2v) is 10.7. The molecule has 33 heavy (non-hydrogen) atoms. The normalized spacial score (nSPS) is 35.6. The molecule has 4 aliphatic rings. The molecule has 2 bridgehead atoms. The molecule has 4 fully saturated rings. The van der Waals surface area contributed by atoms with Gasteiger partial charge in [0.25, 0.3) is 0 Å². The molecule has 0 aromatic carbocycles. The van der Waals surface area contributed by atoms with Gasteiger partial charge in [-0.15, -0.1) is 0 Å². The number of hydrogen-bond acceptors (Lipinski definition) is 7. The summed E-state index contributed by atoms with van der Waals surface area (Å²) in [6, 6.07) is 2.07. The fraction of sp³-hybridized carbons (Fsp3) is 0.522. The van der Waals surface area contributed by atoms with Gasteiger partial charge >= 0.3 is 5.69 Å². The number of anilines is 2. The van der Waals surface area contributed by atoms with Gasteiger partial charge in [-0.25, -0.2) is 19.3 Å². The van der Waals surface area contributed by atoms with Crippen LogP contribution in [-0.4, -0.2) is 44.4 Å². The molecule has 8 rings (SSSR count). The Morgan fingerprint density at radius 3 is 2.94 bits per heavy atom. The number of aryl methyl sites for hydroxylation is 2. The summed E-state index contributed by atoms with van der Waals surface area (Å²) in [5.41, 5.74) is 3.51. The van der Waals surface area contributed by atoms with Crippen LogP contribution in [0.2, 0.25) is 0 Å². The summed E-state index contributed by atoms with van der Waals surface area (Å²) in [6.45, 7) is 1.99. The van der Waals surface area contributed by atoms with Crippen molar-refractivity contribution < 1.29 is 5.11 Å². The van der Waals surface area contributed by atoms with Crippen molar-refractivity contribution in [1.29, 1.82) is 0 Å². The number of fused-ring (bicyclic) bond motifs is 3. The molecule has 0 radical (unpaired) electrons. The lowest BCUT2D eigenvalue weighted by Gasteiger charge is -2.73. The highest BCUT2D eigenvalue weighted by atomic mass is 16.3. The molecule has 4 aliphatic carbocycles. The van der Waals surface area contributed by atoms with Crippen molar-refractivity contribution >= 4 is 28.4 Å². The average Bonchev–Trinajstić information content (AvgIpc) is 3.49. The van der Waals surface area contributed by atoms with Crippen molar-refractivity contribution in [2.75, 3.05) is 5.32 Å². The SMILES string of the molecule is Cc1cc2ncnn2cc1Nc1ncc2c(n1)n(C1C3CC4CC5(O)CC1C35C4)c(=O)n2C. The summed E-state index contributed by atoms with van der Waals surface area (Å²) in [7, 11) is 1.78. The zero-order valence-electron chi connectivity index (χ0n) is 18.4. The Hall–Kier alpha value is -3.27. The third-order valence-corrected chi connectivity index (χ3v) is 9.41. The summed E-state index contributed by atoms with van der Waals surface area (Å²) < 4.78 is 5.25. The van der Waals surface area contributed by atoms with Crippen LogP contribution in [-0.2, 0) is 7.05 Å². The summed E-state index contributed by atoms with van der Waals surface area (Å²) in [5, 5.41) is 18.6. The minimum atomic E-state index is -0.491. The number of rotatable bonds is 3. The second-order valence-electron chi connectivity index (χ2n) is 10.7. The Morgan fingerprint density at radius 2 is 2.09 bits per heavy atom. The van der Waals surface area contributed by atoms with Crippen LogP contribution >= 0.6 is 0 Å². The van der Waals surface area contributed by atoms with Crippen molar-refractivity contribution in [2.24, 2.45) is 30.2 Å². The van der Waals surface area contributed by atoms with Gasteiger partial charge in [0.15, 0.2) is 11.3 Å². The number of nitrogens with zero attached hydrogens (tertiary/aromatic N) is 7. The summed E-state index contributed by atoms with van der Waals surface area (Å²) in [4.78, 5) is 26.9. The van der Waals surface area contributed by atoms with Gasteiger partial charge in [0.05, 0.1) is 23.7 Å². The van der Waals surface area contributed by atoms with Crippen molar-refractivity contribution in [1.82, 2.24) is 33.7 Å². The van der Waals surface area contributed by atoms with Crippen molar-refractivity contribution in [2.45, 2.75) is 44.2 Å². The van der Waals surface area contributed by atoms with Crippen molar-refractivity contribution in [3.05, 3.63) is 40.8 Å². The number of nitrogens with one attached hydrogen (secondary N) is 1. The molecule has 0 saturated heterocycles. The van der Waals surface area contributed by atoms with E-state index < -0.39 is 5.60 Å². The van der Waals surface area contributed by atoms with Gasteiger partial charge in [0.2, 0.25) is 5.95 Å². The Kier molecular flexibility index (Phi) is 3.00. The first-order valence-electron chi connectivity index (χ1n) is 11.6. The molecule has 1 spiro atoms. The fourth-order valence-electron chi connectivity index (χ4n) is 8.16. The lowest BCUT2D eigenvalue weighted by Crippen LogP contribution is -2.75. The Bertz CT molecular complexity index is 1570. The standard InChI is InChI=1S/C23H24N8O2/c1-11-3-17-25-10-26-30(17)9-15(11)27-20-24-8-16-19(28-20)31(21(32)29(16)2)18-13-4-12-5-22(33)7-14(18)23(13,22)6-12/h3,8-10,12-14,18,33H,4-7H2,1-2H3,(H,24,27,28). The zero-order chi connectivity index (χ0) is 22.3. The molecule has 4 aromatic rings. The van der Waals surface area contributed by atoms with Crippen LogP contribution in [0.3, 0.4) is 0 Å². The molecule has 6 atom stereocenters. The zero-order valence-corrected chi connectivity index (χ0v) is 18.4. The van der Waals surface area contributed by atoms with E-state index in [1.807, 2.05) is 23.8 Å². The van der Waals surface area contributed by atoms with E-state index in [0.717, 1.165) is 48.1 Å². The quantitative estimate of drug-likeness (QED) is 0.496. The molecule has 4 aromatic heterocycles. The van der Waals surface area contributed by atoms with Gasteiger partial charge in [-0.05, 0) is 62.0 Å². The fourth-order valence-corrected chi connectivity index (χ4v) is 8.16. The van der Waals surface area contributed by atoms with E-state index in [4.69, 9.17) is 4.98 Å². The maximum absolute atomic E-state index is 13.4. The lowest BCUT2D eigenvalue weighted by molar-refractivity contribution is -0.310. The molecule has 10 heteroatoms. The number of pyridine rings is 1. The highest BCUT2D eigenvalue weighted by Gasteiger charge is 2.84. The molecule has 0 aliphatic heterocycles. The highest BCUT2D eigenvalue weighted by molar-refractivity contribution is 5.73. The average molecular weight is 444 g/mol. The van der Waals surface area contributed by atoms with E-state index in [1.165, 1.54) is 6.33 Å². The number of aromatic nitrogens is 7. The van der Waals surface area contributed by atoms with E-state index in [0.29, 0.717) is 29.3 Å². The van der Waals surface area contributed by atoms with Crippen LogP contribution in [0.4, 0.5) is 11.6 Å². The molecule has 4 saturated carbocycles. The van der Waals surface area contributed by atoms with Crippen LogP contribution in [0, 0.1) is 30.1 Å². The number of imidazole rings is 1. The van der Waals surface area contributed by atoms with E-state index in [-0.39, 0.29) is 17.1 Å². The van der Waals surface area contributed by atoms with E-state index >= 15 is 0 Å². The molecule has 6 unspecified atom stereocenters. The van der Waals surface area contributed by atoms with Crippen LogP contribution in [0.5, 0.6) is 0 Å². The Balaban J connectivity index is 1.23. The highest BCUT2D eigenvalue weighted by Crippen LogP contribution is 2.85. The predicted molar refractivity (Wildman–Crippen MR) is 119 cm³/mol. The predicted octanol–water partition coefficient (Wildman–Crippen LogP) is 1.95. The summed E-state index contributed by atoms with van der Waals surface area (Å²) in [6.07, 6.45) is 9.10. The molecule has 168 valence electrons. The van der Waals surface area contributed by atoms with Crippen LogP contribution in [0.25, 0.3) is 16.8 Å². The van der Waals surface area contributed by atoms with Gasteiger partial charge in [0.1, 0.15) is 11.8 Å². The third-order valence-electron chi connectivity index (χ3n) is 9.41. The largest absolute Gasteiger partial charge is 0.389 e. The monoisotopic (exact) mass is 444 g/mol. The van der Waals surface area contributed by atoms with E-state index in [2.05, 4.69) is 20.4 Å². The molecule has 0 amide bonds. The summed E-state index contributed by atoms with van der Waals surface area (Å²) in [5.74, 6) is 1.78. The Morgan fingerprint density at radius 1 is 1.21 bits per heavy atom. The number of hydrogen-bond donors (Lipinski definition) is 2. The first kappa shape index (κ1) is 18.2. The molecule has 4 heterocycles. The summed E-state index contributed by atoms with van der Waals surface area (Å²) >= 11 is 0. The van der Waals surface area contributed by atoms with E-state index in [1.54, 1.807) is 22.3 Å². The Labute approximate surface area is 188 Å². The van der Waals surface area contributed by atoms with Gasteiger partial charge in [-0.2, -0.15) is 10.1 Å². The van der Waals surface area contributed by atoms with E-state index in [9.17, 15) is 9.90 Å². The first-order chi connectivity index (χ1) is 15.9. The van der Waals surface area contributed by atoms with Gasteiger partial charge < -0.3 is 10.4 Å². The topological polar surface area (TPSA) is 115 Å². The van der Waals surface area contributed by atoms with Gasteiger partial charge in [-0.1, -0.05) is 0 Å². The van der Waals surface area contributed by atoms with Crippen molar-refractivity contribution in [3.8, 4) is 0 Å². The molecule has 10 nitrogen and oxygen atoms in total. The molecular weight excluding hydrogens is 420 g/mol. The minimum absolute atomic E-state index is 0.0440. The van der Waals surface area contributed by atoms with Crippen LogP contribution in [0.15, 0.2) is 29.6 Å². The third kappa shape index (κ3) is 1.91. The molecular formula is C23H24N8O2. The smallest absolute Gasteiger partial charge is 0.330 e. The number of aliphatic hydroxyl groups is 1. The van der Waals surface area contributed by atoms with Crippen LogP contribution in [0.1, 0.15) is 37.3 Å². The first-order valence-corrected chi connectivity index (χ1v) is 11.6. The van der Waals surface area contributed by atoms with Crippen molar-refractivity contribution in [3.63, 3.8) is 0 Å². The van der Waals surface area contributed by atoms with Crippen LogP contribution < -0.4 is 11.0 Å². The maximum Gasteiger partial charge on any atom is 0.330 e. The second kappa shape index (κ2) is 5.44. The lowest BCUT2D eigenvalue weighted by atomic mass is 9.34.